The second kappa shape index (κ2) is 5.69. The third-order valence-electron chi connectivity index (χ3n) is 8.69. The van der Waals surface area contributed by atoms with E-state index in [0.717, 1.165) is 25.7 Å². The Morgan fingerprint density at radius 2 is 1.84 bits per heavy atom. The number of hydrogen-bond donors (Lipinski definition) is 0. The molecule has 0 aromatic carbocycles. The normalized spacial score (nSPS) is 51.4. The molecule has 25 heavy (non-hydrogen) atoms. The van der Waals surface area contributed by atoms with Gasteiger partial charge in [-0.05, 0) is 67.8 Å². The average molecular weight is 344 g/mol. The summed E-state index contributed by atoms with van der Waals surface area (Å²) in [5.74, 6) is 3.14. The monoisotopic (exact) mass is 344 g/mol. The lowest BCUT2D eigenvalue weighted by Crippen LogP contribution is -2.58. The fraction of sp³-hybridized carbons (Fsp3) is 0.818. The van der Waals surface area contributed by atoms with Crippen LogP contribution in [0, 0.1) is 40.4 Å². The molecule has 0 spiro atoms. The van der Waals surface area contributed by atoms with Gasteiger partial charge in [-0.15, -0.1) is 0 Å². The predicted octanol–water partition coefficient (Wildman–Crippen LogP) is 4.55. The Bertz CT molecular complexity index is 623. The van der Waals surface area contributed by atoms with E-state index in [9.17, 15) is 9.59 Å². The molecule has 138 valence electrons. The van der Waals surface area contributed by atoms with Crippen LogP contribution in [0.15, 0.2) is 12.2 Å². The van der Waals surface area contributed by atoms with Crippen molar-refractivity contribution in [2.75, 3.05) is 0 Å². The van der Waals surface area contributed by atoms with Gasteiger partial charge in [0.25, 0.3) is 0 Å². The number of fused-ring (bicyclic) bond motifs is 5. The molecule has 4 rings (SSSR count). The largest absolute Gasteiger partial charge is 0.458 e. The highest BCUT2D eigenvalue weighted by atomic mass is 16.5. The molecule has 0 aromatic rings. The number of ether oxygens (including phenoxy) is 1. The van der Waals surface area contributed by atoms with Crippen molar-refractivity contribution in [1.82, 2.24) is 0 Å². The molecule has 0 saturated heterocycles. The van der Waals surface area contributed by atoms with Crippen molar-refractivity contribution in [3.8, 4) is 0 Å². The van der Waals surface area contributed by atoms with Crippen molar-refractivity contribution < 1.29 is 14.3 Å². The van der Waals surface area contributed by atoms with Gasteiger partial charge in [0.15, 0.2) is 0 Å². The minimum absolute atomic E-state index is 0.00964. The number of Topliss-reactive ketones (excluding diaryl/α,β-unsaturated/α-hetero) is 1. The highest BCUT2D eigenvalue weighted by molar-refractivity contribution is 5.87. The Balaban J connectivity index is 1.71. The van der Waals surface area contributed by atoms with E-state index in [4.69, 9.17) is 4.74 Å². The summed E-state index contributed by atoms with van der Waals surface area (Å²) in [5.41, 5.74) is -0.0763. The zero-order valence-corrected chi connectivity index (χ0v) is 16.1. The predicted molar refractivity (Wildman–Crippen MR) is 96.7 cm³/mol. The second-order valence-corrected chi connectivity index (χ2v) is 9.62. The van der Waals surface area contributed by atoms with Crippen molar-refractivity contribution in [2.24, 2.45) is 40.4 Å². The molecule has 3 saturated carbocycles. The lowest BCUT2D eigenvalue weighted by Gasteiger charge is -2.61. The van der Waals surface area contributed by atoms with E-state index in [0.29, 0.717) is 35.4 Å². The van der Waals surface area contributed by atoms with Gasteiger partial charge in [0.2, 0.25) is 0 Å². The number of allylic oxidation sites excluding steroid dienone is 1. The Morgan fingerprint density at radius 1 is 1.08 bits per heavy atom. The summed E-state index contributed by atoms with van der Waals surface area (Å²) in [6.45, 7) is 8.44. The molecule has 3 nitrogen and oxygen atoms in total. The van der Waals surface area contributed by atoms with Crippen LogP contribution in [0.3, 0.4) is 0 Å². The summed E-state index contributed by atoms with van der Waals surface area (Å²) in [7, 11) is 0. The summed E-state index contributed by atoms with van der Waals surface area (Å²) < 4.78 is 5.83. The zero-order chi connectivity index (χ0) is 18.0. The number of rotatable bonds is 1. The molecule has 0 aliphatic heterocycles. The van der Waals surface area contributed by atoms with E-state index >= 15 is 0 Å². The molecule has 0 amide bonds. The summed E-state index contributed by atoms with van der Waals surface area (Å²) in [4.78, 5) is 24.3. The van der Waals surface area contributed by atoms with Crippen LogP contribution in [0.5, 0.6) is 0 Å². The Hall–Kier alpha value is -1.12. The van der Waals surface area contributed by atoms with E-state index < -0.39 is 0 Å². The van der Waals surface area contributed by atoms with E-state index in [1.165, 1.54) is 19.8 Å². The Labute approximate surface area is 151 Å². The first kappa shape index (κ1) is 17.3. The fourth-order valence-electron chi connectivity index (χ4n) is 7.41. The molecule has 8 atom stereocenters. The van der Waals surface area contributed by atoms with Crippen LogP contribution in [0.1, 0.15) is 66.2 Å². The van der Waals surface area contributed by atoms with Crippen LogP contribution < -0.4 is 0 Å². The Kier molecular flexibility index (Phi) is 3.94. The first-order valence-electron chi connectivity index (χ1n) is 10.2. The van der Waals surface area contributed by atoms with Gasteiger partial charge in [-0.2, -0.15) is 0 Å². The molecule has 0 heterocycles. The molecular weight excluding hydrogens is 312 g/mol. The number of esters is 1. The van der Waals surface area contributed by atoms with Gasteiger partial charge in [-0.25, -0.2) is 0 Å². The molecule has 0 aromatic heterocycles. The van der Waals surface area contributed by atoms with Crippen molar-refractivity contribution in [2.45, 2.75) is 72.3 Å². The second-order valence-electron chi connectivity index (χ2n) is 9.62. The number of ketones is 1. The molecule has 4 aliphatic rings. The highest BCUT2D eigenvalue weighted by Gasteiger charge is 2.62. The molecule has 3 fully saturated rings. The number of carbonyl (C=O) groups excluding carboxylic acids is 2. The maximum Gasteiger partial charge on any atom is 0.303 e. The lowest BCUT2D eigenvalue weighted by atomic mass is 9.44. The first-order valence-corrected chi connectivity index (χ1v) is 10.2. The van der Waals surface area contributed by atoms with Gasteiger partial charge in [0.05, 0.1) is 0 Å². The van der Waals surface area contributed by atoms with Crippen molar-refractivity contribution in [3.05, 3.63) is 12.2 Å². The summed E-state index contributed by atoms with van der Waals surface area (Å²) >= 11 is 0. The minimum Gasteiger partial charge on any atom is -0.458 e. The van der Waals surface area contributed by atoms with Gasteiger partial charge in [-0.3, -0.25) is 9.59 Å². The summed E-state index contributed by atoms with van der Waals surface area (Å²) in [6.07, 6.45) is 10.7. The van der Waals surface area contributed by atoms with E-state index in [1.54, 1.807) is 0 Å². The third-order valence-corrected chi connectivity index (χ3v) is 8.69. The van der Waals surface area contributed by atoms with Crippen LogP contribution in [-0.4, -0.2) is 17.9 Å². The van der Waals surface area contributed by atoms with Crippen LogP contribution in [0.2, 0.25) is 0 Å². The molecular formula is C22H32O3. The summed E-state index contributed by atoms with van der Waals surface area (Å²) in [5, 5.41) is 0. The number of carbonyl (C=O) groups is 2. The van der Waals surface area contributed by atoms with Gasteiger partial charge < -0.3 is 4.74 Å². The van der Waals surface area contributed by atoms with Crippen LogP contribution in [-0.2, 0) is 14.3 Å². The van der Waals surface area contributed by atoms with Gasteiger partial charge in [0, 0.05) is 24.2 Å². The van der Waals surface area contributed by atoms with E-state index in [1.807, 2.05) is 0 Å². The van der Waals surface area contributed by atoms with Crippen molar-refractivity contribution in [1.29, 1.82) is 0 Å². The fourth-order valence-corrected chi connectivity index (χ4v) is 7.41. The molecule has 4 aliphatic carbocycles. The average Bonchev–Trinajstić information content (AvgIpc) is 2.85. The molecule has 0 N–H and O–H groups in total. The quantitative estimate of drug-likeness (QED) is 0.518. The van der Waals surface area contributed by atoms with Crippen molar-refractivity contribution in [3.63, 3.8) is 0 Å². The molecule has 3 heteroatoms. The maximum atomic E-state index is 12.5. The van der Waals surface area contributed by atoms with E-state index in [2.05, 4.69) is 32.9 Å². The smallest absolute Gasteiger partial charge is 0.303 e. The van der Waals surface area contributed by atoms with Gasteiger partial charge in [-0.1, -0.05) is 26.8 Å². The maximum absolute atomic E-state index is 12.5. The van der Waals surface area contributed by atoms with Crippen LogP contribution in [0.4, 0.5) is 0 Å². The van der Waals surface area contributed by atoms with Gasteiger partial charge >= 0.3 is 5.97 Å². The van der Waals surface area contributed by atoms with Crippen molar-refractivity contribution >= 4 is 11.8 Å². The molecule has 0 unspecified atom stereocenters. The Morgan fingerprint density at radius 3 is 2.56 bits per heavy atom. The topological polar surface area (TPSA) is 43.4 Å². The van der Waals surface area contributed by atoms with Gasteiger partial charge in [0.1, 0.15) is 11.9 Å². The number of hydrogen-bond acceptors (Lipinski definition) is 3. The standard InChI is InChI=1S/C22H32O3/c1-13-5-10-20(25-14(2)23)22(4)16(13)7-6-15-17-8-9-19(24)21(17,3)12-11-18(15)22/h5,10,13,15-18,20H,6-9,11-12H2,1-4H3/t13-,15+,16+,17+,18+,20+,21+,22+/m1/s1. The van der Waals surface area contributed by atoms with E-state index in [-0.39, 0.29) is 22.9 Å². The van der Waals surface area contributed by atoms with Crippen LogP contribution in [0.25, 0.3) is 0 Å². The lowest BCUT2D eigenvalue weighted by molar-refractivity contribution is -0.175. The zero-order valence-electron chi connectivity index (χ0n) is 16.1. The molecule has 0 radical (unpaired) electrons. The third kappa shape index (κ3) is 2.30. The van der Waals surface area contributed by atoms with Crippen LogP contribution >= 0.6 is 0 Å². The molecule has 0 bridgehead atoms. The summed E-state index contributed by atoms with van der Waals surface area (Å²) in [6, 6.07) is 0. The first-order chi connectivity index (χ1) is 11.8. The SMILES string of the molecule is CC(=O)O[C@H]1C=C[C@@H](C)[C@@H]2CC[C@@H]3[C@H](CC[C@]4(C)C(=O)CC[C@@H]34)[C@@]12C. The minimum atomic E-state index is -0.178. The highest BCUT2D eigenvalue weighted by Crippen LogP contribution is 2.65.